The Bertz CT molecular complexity index is 789. The second-order valence-electron chi connectivity index (χ2n) is 8.72. The van der Waals surface area contributed by atoms with E-state index in [1.807, 2.05) is 12.3 Å². The molecule has 2 aliphatic heterocycles. The van der Waals surface area contributed by atoms with Crippen LogP contribution in [0.25, 0.3) is 0 Å². The number of primary amides is 1. The summed E-state index contributed by atoms with van der Waals surface area (Å²) < 4.78 is 5.68. The van der Waals surface area contributed by atoms with E-state index < -0.39 is 17.9 Å². The van der Waals surface area contributed by atoms with Crippen LogP contribution in [0.2, 0.25) is 0 Å². The van der Waals surface area contributed by atoms with Crippen LogP contribution >= 0.6 is 11.8 Å². The molecule has 2 saturated heterocycles. The number of likely N-dealkylation sites (tertiary alicyclic amines) is 1. The van der Waals surface area contributed by atoms with Crippen molar-refractivity contribution in [3.8, 4) is 0 Å². The molecule has 152 valence electrons. The number of carbonyl (C=O) groups is 3. The number of thioether (sulfide) groups is 1. The van der Waals surface area contributed by atoms with Crippen molar-refractivity contribution in [3.05, 3.63) is 35.4 Å². The van der Waals surface area contributed by atoms with E-state index in [0.29, 0.717) is 24.1 Å². The van der Waals surface area contributed by atoms with Gasteiger partial charge in [-0.2, -0.15) is 11.8 Å². The van der Waals surface area contributed by atoms with Gasteiger partial charge in [0, 0.05) is 12.1 Å². The first kappa shape index (κ1) is 20.9. The van der Waals surface area contributed by atoms with Crippen LogP contribution in [0.15, 0.2) is 24.3 Å². The predicted octanol–water partition coefficient (Wildman–Crippen LogP) is 2.22. The topological polar surface area (TPSA) is 89.7 Å². The molecule has 1 aromatic rings. The van der Waals surface area contributed by atoms with Crippen molar-refractivity contribution in [1.82, 2.24) is 4.90 Å². The van der Waals surface area contributed by atoms with Gasteiger partial charge in [-0.1, -0.05) is 39.0 Å². The molecule has 2 aliphatic rings. The number of benzene rings is 1. The Kier molecular flexibility index (Phi) is 5.87. The van der Waals surface area contributed by atoms with Gasteiger partial charge < -0.3 is 15.4 Å². The summed E-state index contributed by atoms with van der Waals surface area (Å²) in [6.07, 6.45) is 2.26. The fraction of sp³-hybridized carbons (Fsp3) is 0.571. The van der Waals surface area contributed by atoms with Crippen LogP contribution in [0, 0.1) is 5.41 Å². The largest absolute Gasteiger partial charge is 0.367 e. The summed E-state index contributed by atoms with van der Waals surface area (Å²) in [4.78, 5) is 39.8. The van der Waals surface area contributed by atoms with E-state index in [1.165, 1.54) is 0 Å². The van der Waals surface area contributed by atoms with Crippen LogP contribution in [0.4, 0.5) is 0 Å². The Balaban J connectivity index is 2.01. The summed E-state index contributed by atoms with van der Waals surface area (Å²) in [7, 11) is 0. The molecule has 4 atom stereocenters. The van der Waals surface area contributed by atoms with E-state index in [1.54, 1.807) is 34.9 Å². The van der Waals surface area contributed by atoms with Gasteiger partial charge in [-0.3, -0.25) is 14.4 Å². The summed E-state index contributed by atoms with van der Waals surface area (Å²) in [5.41, 5.74) is 6.41. The second kappa shape index (κ2) is 7.87. The Morgan fingerprint density at radius 2 is 2.00 bits per heavy atom. The normalized spacial score (nSPS) is 25.6. The lowest BCUT2D eigenvalue weighted by Gasteiger charge is -2.31. The van der Waals surface area contributed by atoms with Crippen molar-refractivity contribution in [1.29, 1.82) is 0 Å². The van der Waals surface area contributed by atoms with E-state index in [0.717, 1.165) is 0 Å². The molecule has 0 aromatic heterocycles. The van der Waals surface area contributed by atoms with Crippen LogP contribution in [-0.4, -0.2) is 59.3 Å². The molecular weight excluding hydrogens is 376 g/mol. The first-order valence-electron chi connectivity index (χ1n) is 9.50. The van der Waals surface area contributed by atoms with Gasteiger partial charge in [-0.05, 0) is 29.7 Å². The number of nitrogens with zero attached hydrogens (tertiary/aromatic N) is 1. The smallest absolute Gasteiger partial charge is 0.249 e. The number of amides is 2. The van der Waals surface area contributed by atoms with Gasteiger partial charge in [-0.25, -0.2) is 0 Å². The zero-order valence-electron chi connectivity index (χ0n) is 16.8. The Morgan fingerprint density at radius 3 is 2.61 bits per heavy atom. The molecule has 2 fully saturated rings. The van der Waals surface area contributed by atoms with Gasteiger partial charge in [0.2, 0.25) is 11.8 Å². The Labute approximate surface area is 170 Å². The highest BCUT2D eigenvalue weighted by Crippen LogP contribution is 2.39. The first-order valence-corrected chi connectivity index (χ1v) is 10.8. The molecule has 0 radical (unpaired) electrons. The van der Waals surface area contributed by atoms with E-state index in [-0.39, 0.29) is 35.1 Å². The number of fused-ring (bicyclic) bond motifs is 1. The molecule has 0 aliphatic carbocycles. The summed E-state index contributed by atoms with van der Waals surface area (Å²) in [6, 6.07) is 6.47. The lowest BCUT2D eigenvalue weighted by molar-refractivity contribution is -0.138. The SMILES string of the molecule is CS[C@H]1CN(C(=O)[C@@H](CC(C)(C)C)c2ccccc2C(N)=O)[C@@H]2C(=O)CO[C@H]12. The number of Topliss-reactive ketones (excluding diaryl/α,β-unsaturated/α-hetero) is 1. The molecule has 2 amide bonds. The van der Waals surface area contributed by atoms with Crippen LogP contribution in [-0.2, 0) is 14.3 Å². The number of nitrogens with two attached hydrogens (primary N) is 1. The summed E-state index contributed by atoms with van der Waals surface area (Å²) in [5.74, 6) is -1.27. The minimum atomic E-state index is -0.552. The third-order valence-corrected chi connectivity index (χ3v) is 6.46. The van der Waals surface area contributed by atoms with Crippen LogP contribution in [0.5, 0.6) is 0 Å². The number of ether oxygens (including phenoxy) is 1. The number of hydrogen-bond donors (Lipinski definition) is 1. The predicted molar refractivity (Wildman–Crippen MR) is 109 cm³/mol. The highest BCUT2D eigenvalue weighted by Gasteiger charge is 2.53. The maximum absolute atomic E-state index is 13.7. The van der Waals surface area contributed by atoms with E-state index >= 15 is 0 Å². The zero-order valence-corrected chi connectivity index (χ0v) is 17.6. The van der Waals surface area contributed by atoms with Gasteiger partial charge in [0.1, 0.15) is 12.6 Å². The molecule has 6 nitrogen and oxygen atoms in total. The van der Waals surface area contributed by atoms with Gasteiger partial charge in [0.05, 0.1) is 17.3 Å². The minimum Gasteiger partial charge on any atom is -0.367 e. The van der Waals surface area contributed by atoms with Crippen molar-refractivity contribution >= 4 is 29.4 Å². The van der Waals surface area contributed by atoms with Crippen molar-refractivity contribution in [3.63, 3.8) is 0 Å². The monoisotopic (exact) mass is 404 g/mol. The van der Waals surface area contributed by atoms with Crippen molar-refractivity contribution < 1.29 is 19.1 Å². The highest BCUT2D eigenvalue weighted by molar-refractivity contribution is 7.99. The average molecular weight is 405 g/mol. The molecule has 0 bridgehead atoms. The first-order chi connectivity index (χ1) is 13.1. The maximum Gasteiger partial charge on any atom is 0.249 e. The molecule has 2 N–H and O–H groups in total. The zero-order chi connectivity index (χ0) is 20.6. The lowest BCUT2D eigenvalue weighted by atomic mass is 9.79. The molecule has 3 rings (SSSR count). The standard InChI is InChI=1S/C21H28N2O4S/c1-21(2,3)9-14(12-7-5-6-8-13(12)19(22)25)20(26)23-10-16(28-4)18-17(23)15(24)11-27-18/h5-8,14,16-18H,9-11H2,1-4H3,(H2,22,25)/t14-,16-,17+,18+/m0/s1. The molecular formula is C21H28N2O4S. The Morgan fingerprint density at radius 1 is 1.32 bits per heavy atom. The molecule has 2 heterocycles. The van der Waals surface area contributed by atoms with E-state index in [2.05, 4.69) is 20.8 Å². The van der Waals surface area contributed by atoms with E-state index in [9.17, 15) is 14.4 Å². The second-order valence-corrected chi connectivity index (χ2v) is 9.80. The van der Waals surface area contributed by atoms with Crippen LogP contribution < -0.4 is 5.73 Å². The number of carbonyl (C=O) groups excluding carboxylic acids is 3. The molecule has 28 heavy (non-hydrogen) atoms. The maximum atomic E-state index is 13.7. The summed E-state index contributed by atoms with van der Waals surface area (Å²) in [6.45, 7) is 6.70. The third kappa shape index (κ3) is 3.96. The molecule has 1 aromatic carbocycles. The van der Waals surface area contributed by atoms with Crippen LogP contribution in [0.3, 0.4) is 0 Å². The molecule has 0 saturated carbocycles. The van der Waals surface area contributed by atoms with Gasteiger partial charge >= 0.3 is 0 Å². The summed E-state index contributed by atoms with van der Waals surface area (Å²) in [5, 5.41) is 0.0714. The lowest BCUT2D eigenvalue weighted by Crippen LogP contribution is -2.45. The van der Waals surface area contributed by atoms with Crippen LogP contribution in [0.1, 0.15) is 49.0 Å². The number of hydrogen-bond acceptors (Lipinski definition) is 5. The van der Waals surface area contributed by atoms with Crippen molar-refractivity contribution in [2.45, 2.75) is 50.5 Å². The minimum absolute atomic E-state index is 0.0485. The molecule has 0 unspecified atom stereocenters. The van der Waals surface area contributed by atoms with E-state index in [4.69, 9.17) is 10.5 Å². The highest BCUT2D eigenvalue weighted by atomic mass is 32.2. The average Bonchev–Trinajstić information content (AvgIpc) is 3.19. The Hall–Kier alpha value is -1.86. The quantitative estimate of drug-likeness (QED) is 0.813. The van der Waals surface area contributed by atoms with Gasteiger partial charge in [-0.15, -0.1) is 0 Å². The molecule has 0 spiro atoms. The number of ketones is 1. The number of rotatable bonds is 5. The van der Waals surface area contributed by atoms with Crippen molar-refractivity contribution in [2.75, 3.05) is 19.4 Å². The fourth-order valence-corrected chi connectivity index (χ4v) is 5.02. The fourth-order valence-electron chi connectivity index (χ4n) is 4.22. The summed E-state index contributed by atoms with van der Waals surface area (Å²) >= 11 is 1.62. The molecule has 7 heteroatoms. The third-order valence-electron chi connectivity index (χ3n) is 5.44. The van der Waals surface area contributed by atoms with Crippen molar-refractivity contribution in [2.24, 2.45) is 11.1 Å². The van der Waals surface area contributed by atoms with Gasteiger partial charge in [0.25, 0.3) is 0 Å². The van der Waals surface area contributed by atoms with Gasteiger partial charge in [0.15, 0.2) is 5.78 Å².